The number of benzene rings is 8. The van der Waals surface area contributed by atoms with E-state index >= 15 is 0 Å². The zero-order chi connectivity index (χ0) is 34.4. The summed E-state index contributed by atoms with van der Waals surface area (Å²) in [6.07, 6.45) is 0. The molecule has 4 heteroatoms. The van der Waals surface area contributed by atoms with Crippen LogP contribution in [0.15, 0.2) is 158 Å². The largest absolute Gasteiger partial charge is 4.00 e. The zero-order valence-electron chi connectivity index (χ0n) is 30.8. The molecule has 0 bridgehead atoms. The SMILES string of the molecule is Cc1[cH-]c2cccc(-c3cccc4cc5ccccc5cc34)c2c1[Si](C)(C)c1c(C)[cH-]c2cccc(-c3cccc4cc5ccccc5cc34)c12.[Cl-].[Cl-].[Zr+4]. The average Bonchev–Trinajstić information content (AvgIpc) is 3.69. The first-order valence-electron chi connectivity index (χ1n) is 18.1. The van der Waals surface area contributed by atoms with Crippen LogP contribution in [0.1, 0.15) is 11.1 Å². The van der Waals surface area contributed by atoms with Gasteiger partial charge in [-0.2, -0.15) is 10.4 Å². The van der Waals surface area contributed by atoms with Crippen molar-refractivity contribution in [3.63, 3.8) is 0 Å². The molecule has 10 rings (SSSR count). The van der Waals surface area contributed by atoms with Crippen LogP contribution in [-0.2, 0) is 26.2 Å². The molecular formula is C50H38Cl2SiZr. The molecule has 54 heavy (non-hydrogen) atoms. The Balaban J connectivity index is 0.00000150. The number of hydrogen-bond donors (Lipinski definition) is 0. The third-order valence-electron chi connectivity index (χ3n) is 11.5. The first kappa shape index (κ1) is 38.0. The van der Waals surface area contributed by atoms with E-state index in [-0.39, 0.29) is 51.0 Å². The first-order valence-corrected chi connectivity index (χ1v) is 21.1. The minimum absolute atomic E-state index is 0. The minimum atomic E-state index is -2.32. The molecule has 0 saturated heterocycles. The van der Waals surface area contributed by atoms with Crippen molar-refractivity contribution in [2.45, 2.75) is 26.9 Å². The van der Waals surface area contributed by atoms with Crippen molar-refractivity contribution in [3.8, 4) is 22.3 Å². The Morgan fingerprint density at radius 1 is 0.389 bits per heavy atom. The fourth-order valence-electron chi connectivity index (χ4n) is 9.53. The van der Waals surface area contributed by atoms with Crippen LogP contribution >= 0.6 is 0 Å². The summed E-state index contributed by atoms with van der Waals surface area (Å²) in [5.74, 6) is 0. The summed E-state index contributed by atoms with van der Waals surface area (Å²) in [5.41, 5.74) is 8.12. The van der Waals surface area contributed by atoms with Crippen LogP contribution in [0.5, 0.6) is 0 Å². The maximum Gasteiger partial charge on any atom is 4.00 e. The van der Waals surface area contributed by atoms with Gasteiger partial charge in [0.25, 0.3) is 0 Å². The third kappa shape index (κ3) is 5.82. The second kappa shape index (κ2) is 14.4. The maximum absolute atomic E-state index is 2.59. The van der Waals surface area contributed by atoms with Gasteiger partial charge >= 0.3 is 26.2 Å². The Labute approximate surface area is 349 Å². The predicted octanol–water partition coefficient (Wildman–Crippen LogP) is 6.82. The molecule has 10 aromatic rings. The number of aryl methyl sites for hydroxylation is 2. The monoisotopic (exact) mass is 826 g/mol. The van der Waals surface area contributed by atoms with E-state index in [1.165, 1.54) is 98.0 Å². The van der Waals surface area contributed by atoms with Crippen molar-refractivity contribution < 1.29 is 51.0 Å². The van der Waals surface area contributed by atoms with Crippen LogP contribution in [0.2, 0.25) is 13.1 Å². The Kier molecular flexibility index (Phi) is 10.1. The number of rotatable bonds is 4. The standard InChI is InChI=1S/C50H38Si.2ClH.Zr/c1-31-25-39-19-11-23-43(41-21-9-17-37-27-33-13-5-7-15-35(33)29-45(37)41)47(39)49(31)51(3,4)50-32(2)26-40-20-12-24-44(48(40)50)42-22-10-18-38-28-34-14-6-8-16-36(34)30-46(38)42;;;/h5-30H,1-4H3;2*1H;/q-2;;;+4/p-2. The molecule has 0 atom stereocenters. The summed E-state index contributed by atoms with van der Waals surface area (Å²) in [6, 6.07) is 59.4. The third-order valence-corrected chi connectivity index (χ3v) is 15.3. The first-order chi connectivity index (χ1) is 24.9. The van der Waals surface area contributed by atoms with E-state index in [0.29, 0.717) is 0 Å². The maximum atomic E-state index is 2.59. The van der Waals surface area contributed by atoms with Crippen molar-refractivity contribution >= 4 is 83.1 Å². The number of halogens is 2. The topological polar surface area (TPSA) is 0 Å². The molecule has 0 nitrogen and oxygen atoms in total. The quantitative estimate of drug-likeness (QED) is 0.104. The normalized spacial score (nSPS) is 11.6. The second-order valence-corrected chi connectivity index (χ2v) is 19.3. The molecule has 10 aromatic carbocycles. The van der Waals surface area contributed by atoms with Gasteiger partial charge in [-0.3, -0.25) is 0 Å². The summed E-state index contributed by atoms with van der Waals surface area (Å²) in [5, 5.41) is 19.0. The average molecular weight is 829 g/mol. The Bertz CT molecular complexity index is 2830. The van der Waals surface area contributed by atoms with Gasteiger partial charge in [0.05, 0.1) is 0 Å². The van der Waals surface area contributed by atoms with Crippen molar-refractivity contribution in [2.24, 2.45) is 0 Å². The van der Waals surface area contributed by atoms with Gasteiger partial charge < -0.3 is 24.8 Å². The summed E-state index contributed by atoms with van der Waals surface area (Å²) in [7, 11) is -2.32. The van der Waals surface area contributed by atoms with Gasteiger partial charge in [0.1, 0.15) is 0 Å². The van der Waals surface area contributed by atoms with Gasteiger partial charge in [-0.1, -0.05) is 135 Å². The van der Waals surface area contributed by atoms with Gasteiger partial charge in [0.2, 0.25) is 0 Å². The van der Waals surface area contributed by atoms with Crippen LogP contribution in [0, 0.1) is 13.8 Å². The van der Waals surface area contributed by atoms with Crippen LogP contribution in [0.25, 0.3) is 86.9 Å². The van der Waals surface area contributed by atoms with E-state index in [1.807, 2.05) is 0 Å². The molecule has 0 aliphatic rings. The van der Waals surface area contributed by atoms with Crippen LogP contribution in [0.3, 0.4) is 0 Å². The van der Waals surface area contributed by atoms with Crippen molar-refractivity contribution in [2.75, 3.05) is 0 Å². The van der Waals surface area contributed by atoms with Gasteiger partial charge in [0.15, 0.2) is 0 Å². The predicted molar refractivity (Wildman–Crippen MR) is 226 cm³/mol. The molecule has 260 valence electrons. The molecule has 0 aliphatic heterocycles. The van der Waals surface area contributed by atoms with E-state index in [9.17, 15) is 0 Å². The number of hydrogen-bond acceptors (Lipinski definition) is 0. The molecule has 0 fully saturated rings. The molecular weight excluding hydrogens is 791 g/mol. The molecule has 0 saturated carbocycles. The van der Waals surface area contributed by atoms with Crippen molar-refractivity contribution in [1.82, 2.24) is 0 Å². The molecule has 0 heterocycles. The fraction of sp³-hybridized carbons (Fsp3) is 0.0800. The Hall–Kier alpha value is -4.30. The number of fused-ring (bicyclic) bond motifs is 6. The summed E-state index contributed by atoms with van der Waals surface area (Å²) < 4.78 is 0. The van der Waals surface area contributed by atoms with Crippen LogP contribution in [0.4, 0.5) is 0 Å². The van der Waals surface area contributed by atoms with E-state index in [1.54, 1.807) is 10.4 Å². The summed E-state index contributed by atoms with van der Waals surface area (Å²) >= 11 is 0. The Morgan fingerprint density at radius 3 is 1.13 bits per heavy atom. The molecule has 0 amide bonds. The van der Waals surface area contributed by atoms with Gasteiger partial charge in [-0.05, 0) is 78.5 Å². The molecule has 0 aromatic heterocycles. The van der Waals surface area contributed by atoms with Gasteiger partial charge in [-0.25, -0.2) is 0 Å². The molecule has 0 spiro atoms. The van der Waals surface area contributed by atoms with E-state index in [0.717, 1.165) is 0 Å². The zero-order valence-corrected chi connectivity index (χ0v) is 35.7. The van der Waals surface area contributed by atoms with E-state index in [2.05, 4.69) is 185 Å². The van der Waals surface area contributed by atoms with Gasteiger partial charge in [-0.15, -0.1) is 69.1 Å². The Morgan fingerprint density at radius 2 is 0.722 bits per heavy atom. The van der Waals surface area contributed by atoms with Gasteiger partial charge in [0, 0.05) is 8.07 Å². The van der Waals surface area contributed by atoms with Crippen LogP contribution < -0.4 is 35.2 Å². The molecule has 0 aliphatic carbocycles. The van der Waals surface area contributed by atoms with E-state index < -0.39 is 8.07 Å². The summed E-state index contributed by atoms with van der Waals surface area (Å²) in [6.45, 7) is 9.89. The molecule has 0 radical (unpaired) electrons. The summed E-state index contributed by atoms with van der Waals surface area (Å²) in [4.78, 5) is 0. The molecule has 0 unspecified atom stereocenters. The molecule has 0 N–H and O–H groups in total. The smallest absolute Gasteiger partial charge is 1.00 e. The minimum Gasteiger partial charge on any atom is -1.00 e. The second-order valence-electron chi connectivity index (χ2n) is 15.0. The fourth-order valence-corrected chi connectivity index (χ4v) is 13.7. The van der Waals surface area contributed by atoms with E-state index in [4.69, 9.17) is 0 Å². The van der Waals surface area contributed by atoms with Crippen LogP contribution in [-0.4, -0.2) is 8.07 Å². The van der Waals surface area contributed by atoms with Crippen molar-refractivity contribution in [3.05, 3.63) is 169 Å². The van der Waals surface area contributed by atoms with Crippen molar-refractivity contribution in [1.29, 1.82) is 0 Å².